The van der Waals surface area contributed by atoms with Gasteiger partial charge in [-0.3, -0.25) is 0 Å². The van der Waals surface area contributed by atoms with Crippen LogP contribution in [0.15, 0.2) is 0 Å². The zero-order valence-electron chi connectivity index (χ0n) is 13.3. The summed E-state index contributed by atoms with van der Waals surface area (Å²) in [6.45, 7) is 0.952. The third kappa shape index (κ3) is 7.25. The fraction of sp³-hybridized carbons (Fsp3) is 1.00. The molecule has 0 bridgehead atoms. The molecule has 0 aromatic rings. The number of rotatable bonds is 14. The summed E-state index contributed by atoms with van der Waals surface area (Å²) in [5.41, 5.74) is 11.1. The summed E-state index contributed by atoms with van der Waals surface area (Å²) in [6, 6.07) is 0.948. The molecule has 0 radical (unpaired) electrons. The van der Waals surface area contributed by atoms with E-state index in [1.165, 1.54) is 28.4 Å². The molecule has 0 aromatic heterocycles. The largest absolute Gasteiger partial charge is 0.522 e. The predicted molar refractivity (Wildman–Crippen MR) is 79.8 cm³/mol. The summed E-state index contributed by atoms with van der Waals surface area (Å²) in [4.78, 5) is 9.57. The molecule has 2 atom stereocenters. The molecule has 9 nitrogen and oxygen atoms in total. The van der Waals surface area contributed by atoms with Gasteiger partial charge in [-0.05, 0) is 25.9 Å². The van der Waals surface area contributed by atoms with Gasteiger partial charge in [0.25, 0.3) is 0 Å². The summed E-state index contributed by atoms with van der Waals surface area (Å²) in [6.07, 6.45) is 1.31. The quantitative estimate of drug-likeness (QED) is 0.255. The minimum atomic E-state index is -3.15. The lowest BCUT2D eigenvalue weighted by molar-refractivity contribution is -0.243. The van der Waals surface area contributed by atoms with Crippen LogP contribution < -0.4 is 11.5 Å². The van der Waals surface area contributed by atoms with Crippen LogP contribution in [0.4, 0.5) is 0 Å². The van der Waals surface area contributed by atoms with Crippen LogP contribution in [0.25, 0.3) is 0 Å². The van der Waals surface area contributed by atoms with Gasteiger partial charge >= 0.3 is 17.6 Å². The summed E-state index contributed by atoms with van der Waals surface area (Å²) in [5, 5.41) is 0. The summed E-state index contributed by atoms with van der Waals surface area (Å²) >= 11 is 0. The van der Waals surface area contributed by atoms with Crippen LogP contribution in [0.3, 0.4) is 0 Å². The first-order valence-electron chi connectivity index (χ1n) is 6.71. The van der Waals surface area contributed by atoms with Crippen LogP contribution in [0.1, 0.15) is 12.8 Å². The van der Waals surface area contributed by atoms with E-state index in [0.29, 0.717) is 38.0 Å². The zero-order chi connectivity index (χ0) is 16.2. The Hall–Kier alpha value is 0.0738. The lowest BCUT2D eigenvalue weighted by Gasteiger charge is -2.34. The Balaban J connectivity index is 5.14. The molecule has 0 saturated heterocycles. The molecule has 0 aromatic carbocycles. The Kier molecular flexibility index (Phi) is 11.7. The summed E-state index contributed by atoms with van der Waals surface area (Å²) in [7, 11) is -0.529. The normalized spacial score (nSPS) is 17.4. The maximum absolute atomic E-state index is 6.04. The van der Waals surface area contributed by atoms with Crippen molar-refractivity contribution in [3.05, 3.63) is 0 Å². The highest BCUT2D eigenvalue weighted by Crippen LogP contribution is 2.27. The van der Waals surface area contributed by atoms with Crippen molar-refractivity contribution >= 4 is 17.6 Å². The third-order valence-corrected chi connectivity index (χ3v) is 9.23. The third-order valence-electron chi connectivity index (χ3n) is 2.73. The van der Waals surface area contributed by atoms with Crippen molar-refractivity contribution in [2.45, 2.75) is 24.9 Å². The van der Waals surface area contributed by atoms with Crippen molar-refractivity contribution in [1.29, 1.82) is 0 Å². The second-order valence-corrected chi connectivity index (χ2v) is 9.86. The van der Waals surface area contributed by atoms with Crippen LogP contribution >= 0.6 is 0 Å². The van der Waals surface area contributed by atoms with Gasteiger partial charge < -0.3 is 24.4 Å². The highest BCUT2D eigenvalue weighted by Gasteiger charge is 2.54. The molecule has 0 aliphatic heterocycles. The highest BCUT2D eigenvalue weighted by atomic mass is 28.5. The number of hydrogen-bond donors (Lipinski definition) is 2. The SMILES string of the molecule is COO[Si](CCCN)(OC)O[Si](CCCN)(OC)OOC. The first-order chi connectivity index (χ1) is 10.1. The van der Waals surface area contributed by atoms with E-state index in [-0.39, 0.29) is 0 Å². The van der Waals surface area contributed by atoms with Gasteiger partial charge in [0.05, 0.1) is 14.2 Å². The van der Waals surface area contributed by atoms with Gasteiger partial charge in [0.15, 0.2) is 0 Å². The topological polar surface area (TPSA) is 117 Å². The van der Waals surface area contributed by atoms with Crippen molar-refractivity contribution in [3.63, 3.8) is 0 Å². The van der Waals surface area contributed by atoms with Gasteiger partial charge in [0, 0.05) is 26.3 Å². The predicted octanol–water partition coefficient (Wildman–Crippen LogP) is 0.0272. The molecule has 0 heterocycles. The minimum absolute atomic E-state index is 0.474. The van der Waals surface area contributed by atoms with Gasteiger partial charge in [-0.15, -0.1) is 0 Å². The van der Waals surface area contributed by atoms with Gasteiger partial charge in [-0.1, -0.05) is 0 Å². The lowest BCUT2D eigenvalue weighted by Crippen LogP contribution is -2.58. The molecule has 0 fully saturated rings. The molecule has 128 valence electrons. The van der Waals surface area contributed by atoms with Crippen LogP contribution in [0, 0.1) is 0 Å². The number of hydrogen-bond acceptors (Lipinski definition) is 9. The molecule has 0 spiro atoms. The van der Waals surface area contributed by atoms with Crippen LogP contribution in [-0.2, 0) is 31.9 Å². The Bertz CT molecular complexity index is 244. The van der Waals surface area contributed by atoms with Gasteiger partial charge in [0.1, 0.15) is 0 Å². The smallest absolute Gasteiger partial charge is 0.376 e. The van der Waals surface area contributed by atoms with Crippen molar-refractivity contribution in [3.8, 4) is 0 Å². The van der Waals surface area contributed by atoms with Gasteiger partial charge in [0.2, 0.25) is 0 Å². The summed E-state index contributed by atoms with van der Waals surface area (Å²) in [5.74, 6) is 0. The molecule has 0 amide bonds. The monoisotopic (exact) mass is 344 g/mol. The molecular formula is C10H28N2O7Si2. The van der Waals surface area contributed by atoms with Crippen molar-refractivity contribution in [2.75, 3.05) is 41.5 Å². The molecule has 21 heavy (non-hydrogen) atoms. The Morgan fingerprint density at radius 1 is 0.714 bits per heavy atom. The second kappa shape index (κ2) is 11.6. The fourth-order valence-electron chi connectivity index (χ4n) is 1.70. The maximum atomic E-state index is 6.04. The van der Waals surface area contributed by atoms with E-state index < -0.39 is 17.6 Å². The van der Waals surface area contributed by atoms with Gasteiger partial charge in [-0.25, -0.2) is 18.9 Å². The van der Waals surface area contributed by atoms with E-state index >= 15 is 0 Å². The summed E-state index contributed by atoms with van der Waals surface area (Å²) < 4.78 is 27.6. The molecule has 0 saturated carbocycles. The zero-order valence-corrected chi connectivity index (χ0v) is 15.3. The first-order valence-corrected chi connectivity index (χ1v) is 10.6. The van der Waals surface area contributed by atoms with E-state index in [9.17, 15) is 0 Å². The van der Waals surface area contributed by atoms with E-state index in [1.54, 1.807) is 0 Å². The van der Waals surface area contributed by atoms with Crippen molar-refractivity contribution in [2.24, 2.45) is 11.5 Å². The van der Waals surface area contributed by atoms with Crippen molar-refractivity contribution in [1.82, 2.24) is 0 Å². The van der Waals surface area contributed by atoms with Crippen LogP contribution in [0.2, 0.25) is 12.1 Å². The van der Waals surface area contributed by atoms with Crippen molar-refractivity contribution < 1.29 is 31.9 Å². The molecule has 4 N–H and O–H groups in total. The Labute approximate surface area is 128 Å². The van der Waals surface area contributed by atoms with Gasteiger partial charge in [-0.2, -0.15) is 0 Å². The second-order valence-electron chi connectivity index (χ2n) is 4.16. The molecule has 2 unspecified atom stereocenters. The number of nitrogens with two attached hydrogens (primary N) is 2. The molecule has 0 aliphatic carbocycles. The molecule has 11 heteroatoms. The van der Waals surface area contributed by atoms with Crippen LogP contribution in [-0.4, -0.2) is 59.1 Å². The average molecular weight is 345 g/mol. The standard InChI is InChI=1S/C10H28N2O7Si2/c1-13-17-20(15-3,9-5-7-11)19-21(16-4,18-14-2)10-6-8-12/h5-12H2,1-4H3. The minimum Gasteiger partial charge on any atom is -0.376 e. The lowest BCUT2D eigenvalue weighted by atomic mass is 10.5. The molecular weight excluding hydrogens is 316 g/mol. The first kappa shape index (κ1) is 21.1. The molecule has 0 rings (SSSR count). The maximum Gasteiger partial charge on any atom is 0.522 e. The molecule has 0 aliphatic rings. The van der Waals surface area contributed by atoms with Crippen LogP contribution in [0.5, 0.6) is 0 Å². The highest BCUT2D eigenvalue weighted by molar-refractivity contribution is 6.74. The Morgan fingerprint density at radius 3 is 1.33 bits per heavy atom. The van der Waals surface area contributed by atoms with E-state index in [1.807, 2.05) is 0 Å². The van der Waals surface area contributed by atoms with E-state index in [0.717, 1.165) is 0 Å². The van der Waals surface area contributed by atoms with E-state index in [2.05, 4.69) is 0 Å². The fourth-order valence-corrected chi connectivity index (χ4v) is 7.85. The van der Waals surface area contributed by atoms with E-state index in [4.69, 9.17) is 43.4 Å². The Morgan fingerprint density at radius 2 is 1.10 bits per heavy atom. The average Bonchev–Trinajstić information content (AvgIpc) is 2.50.